The number of nitrogens with one attached hydrogen (secondary N) is 1. The van der Waals surface area contributed by atoms with E-state index in [2.05, 4.69) is 5.32 Å². The van der Waals surface area contributed by atoms with E-state index in [9.17, 15) is 4.79 Å². The average molecular weight is 364 g/mol. The number of hydrogen-bond acceptors (Lipinski definition) is 4. The van der Waals surface area contributed by atoms with Crippen LogP contribution in [0.15, 0.2) is 48.5 Å². The minimum atomic E-state index is -0.664. The highest BCUT2D eigenvalue weighted by atomic mass is 35.5. The van der Waals surface area contributed by atoms with Crippen LogP contribution in [0.1, 0.15) is 13.8 Å². The summed E-state index contributed by atoms with van der Waals surface area (Å²) >= 11 is 6.03. The molecule has 0 saturated heterocycles. The third-order valence-corrected chi connectivity index (χ3v) is 3.77. The van der Waals surface area contributed by atoms with Gasteiger partial charge in [-0.05, 0) is 50.2 Å². The quantitative estimate of drug-likeness (QED) is 0.777. The maximum Gasteiger partial charge on any atom is 0.261 e. The Bertz CT molecular complexity index is 690. The molecule has 0 spiro atoms. The van der Waals surface area contributed by atoms with Gasteiger partial charge in [0.1, 0.15) is 23.9 Å². The van der Waals surface area contributed by atoms with Crippen molar-refractivity contribution in [3.05, 3.63) is 53.6 Å². The Hall–Kier alpha value is -2.40. The molecule has 0 bridgehead atoms. The summed E-state index contributed by atoms with van der Waals surface area (Å²) < 4.78 is 16.3. The van der Waals surface area contributed by atoms with E-state index in [1.54, 1.807) is 38.3 Å². The van der Waals surface area contributed by atoms with Crippen LogP contribution in [-0.2, 0) is 4.79 Å². The Morgan fingerprint density at radius 3 is 2.36 bits per heavy atom. The van der Waals surface area contributed by atoms with Crippen LogP contribution in [0.25, 0.3) is 0 Å². The highest BCUT2D eigenvalue weighted by Crippen LogP contribution is 2.24. The number of benzene rings is 2. The molecule has 0 heterocycles. The van der Waals surface area contributed by atoms with Crippen LogP contribution in [0, 0.1) is 0 Å². The molecular formula is C19H22ClNO4. The second kappa shape index (κ2) is 9.18. The lowest BCUT2D eigenvalue weighted by atomic mass is 10.3. The number of para-hydroxylation sites is 1. The van der Waals surface area contributed by atoms with Gasteiger partial charge >= 0.3 is 0 Å². The van der Waals surface area contributed by atoms with Crippen molar-refractivity contribution in [1.29, 1.82) is 0 Å². The first-order valence-electron chi connectivity index (χ1n) is 7.98. The van der Waals surface area contributed by atoms with Crippen molar-refractivity contribution in [3.8, 4) is 17.2 Å². The predicted molar refractivity (Wildman–Crippen MR) is 97.6 cm³/mol. The van der Waals surface area contributed by atoms with E-state index in [-0.39, 0.29) is 11.9 Å². The summed E-state index contributed by atoms with van der Waals surface area (Å²) in [5.74, 6) is 1.72. The van der Waals surface area contributed by atoms with Crippen molar-refractivity contribution in [3.63, 3.8) is 0 Å². The molecule has 2 aromatic rings. The van der Waals surface area contributed by atoms with Crippen LogP contribution in [0.2, 0.25) is 5.02 Å². The highest BCUT2D eigenvalue weighted by molar-refractivity contribution is 6.32. The number of carbonyl (C=O) groups excluding carboxylic acids is 1. The monoisotopic (exact) mass is 363 g/mol. The molecule has 1 N–H and O–H groups in total. The van der Waals surface area contributed by atoms with Crippen molar-refractivity contribution in [1.82, 2.24) is 5.32 Å². The van der Waals surface area contributed by atoms with Crippen molar-refractivity contribution < 1.29 is 19.0 Å². The van der Waals surface area contributed by atoms with Gasteiger partial charge in [0.05, 0.1) is 18.2 Å². The van der Waals surface area contributed by atoms with Gasteiger partial charge in [-0.15, -0.1) is 0 Å². The van der Waals surface area contributed by atoms with Gasteiger partial charge in [-0.25, -0.2) is 0 Å². The van der Waals surface area contributed by atoms with E-state index in [1.807, 2.05) is 31.2 Å². The van der Waals surface area contributed by atoms with Crippen LogP contribution < -0.4 is 19.5 Å². The molecule has 0 radical (unpaired) electrons. The van der Waals surface area contributed by atoms with Crippen LogP contribution in [0.3, 0.4) is 0 Å². The largest absolute Gasteiger partial charge is 0.497 e. The standard InChI is InChI=1S/C19H22ClNO4/c1-13(12-24-16-10-8-15(23-3)9-11-16)21-19(22)14(2)25-18-7-5-4-6-17(18)20/h4-11,13-14H,12H2,1-3H3,(H,21,22)/t13-,14+/m0/s1. The van der Waals surface area contributed by atoms with Gasteiger partial charge in [-0.1, -0.05) is 23.7 Å². The summed E-state index contributed by atoms with van der Waals surface area (Å²) in [4.78, 5) is 12.2. The molecule has 134 valence electrons. The summed E-state index contributed by atoms with van der Waals surface area (Å²) in [5.41, 5.74) is 0. The summed E-state index contributed by atoms with van der Waals surface area (Å²) in [7, 11) is 1.61. The molecule has 1 amide bonds. The average Bonchev–Trinajstić information content (AvgIpc) is 2.62. The molecule has 0 fully saturated rings. The number of ether oxygens (including phenoxy) is 3. The highest BCUT2D eigenvalue weighted by Gasteiger charge is 2.18. The molecule has 25 heavy (non-hydrogen) atoms. The molecule has 0 saturated carbocycles. The molecule has 2 atom stereocenters. The summed E-state index contributed by atoms with van der Waals surface area (Å²) in [6.07, 6.45) is -0.664. The van der Waals surface area contributed by atoms with Crippen molar-refractivity contribution in [2.24, 2.45) is 0 Å². The smallest absolute Gasteiger partial charge is 0.261 e. The fourth-order valence-corrected chi connectivity index (χ4v) is 2.26. The molecule has 6 heteroatoms. The maximum absolute atomic E-state index is 12.2. The van der Waals surface area contributed by atoms with E-state index >= 15 is 0 Å². The molecular weight excluding hydrogens is 342 g/mol. The van der Waals surface area contributed by atoms with Crippen LogP contribution in [0.4, 0.5) is 0 Å². The van der Waals surface area contributed by atoms with Gasteiger partial charge in [0.2, 0.25) is 0 Å². The number of hydrogen-bond donors (Lipinski definition) is 1. The SMILES string of the molecule is COc1ccc(OC[C@H](C)NC(=O)[C@@H](C)Oc2ccccc2Cl)cc1. The first kappa shape index (κ1) is 18.9. The number of halogens is 1. The van der Waals surface area contributed by atoms with Gasteiger partial charge in [-0.2, -0.15) is 0 Å². The lowest BCUT2D eigenvalue weighted by molar-refractivity contribution is -0.128. The molecule has 2 aromatic carbocycles. The van der Waals surface area contributed by atoms with Crippen LogP contribution in [-0.4, -0.2) is 31.8 Å². The van der Waals surface area contributed by atoms with Crippen molar-refractivity contribution in [2.75, 3.05) is 13.7 Å². The van der Waals surface area contributed by atoms with E-state index < -0.39 is 6.10 Å². The summed E-state index contributed by atoms with van der Waals surface area (Å²) in [5, 5.41) is 3.33. The van der Waals surface area contributed by atoms with E-state index in [1.165, 1.54) is 0 Å². The lowest BCUT2D eigenvalue weighted by Gasteiger charge is -2.19. The lowest BCUT2D eigenvalue weighted by Crippen LogP contribution is -2.43. The molecule has 2 rings (SSSR count). The number of methoxy groups -OCH3 is 1. The third kappa shape index (κ3) is 5.87. The van der Waals surface area contributed by atoms with Gasteiger partial charge in [0, 0.05) is 0 Å². The molecule has 0 aliphatic heterocycles. The Morgan fingerprint density at radius 2 is 1.72 bits per heavy atom. The molecule has 0 aliphatic carbocycles. The third-order valence-electron chi connectivity index (χ3n) is 3.46. The fourth-order valence-electron chi connectivity index (χ4n) is 2.08. The van der Waals surface area contributed by atoms with Gasteiger partial charge in [0.15, 0.2) is 6.10 Å². The van der Waals surface area contributed by atoms with E-state index in [0.29, 0.717) is 23.1 Å². The topological polar surface area (TPSA) is 56.8 Å². The normalized spacial score (nSPS) is 12.8. The molecule has 5 nitrogen and oxygen atoms in total. The van der Waals surface area contributed by atoms with E-state index in [4.69, 9.17) is 25.8 Å². The second-order valence-corrected chi connectivity index (χ2v) is 5.99. The Morgan fingerprint density at radius 1 is 1.08 bits per heavy atom. The second-order valence-electron chi connectivity index (χ2n) is 5.59. The Labute approximate surface area is 152 Å². The van der Waals surface area contributed by atoms with Crippen molar-refractivity contribution >= 4 is 17.5 Å². The van der Waals surface area contributed by atoms with E-state index in [0.717, 1.165) is 5.75 Å². The molecule has 0 aliphatic rings. The Kier molecular flexibility index (Phi) is 6.95. The Balaban J connectivity index is 1.79. The maximum atomic E-state index is 12.2. The van der Waals surface area contributed by atoms with Crippen LogP contribution >= 0.6 is 11.6 Å². The van der Waals surface area contributed by atoms with Gasteiger partial charge in [-0.3, -0.25) is 4.79 Å². The minimum Gasteiger partial charge on any atom is -0.497 e. The van der Waals surface area contributed by atoms with Crippen molar-refractivity contribution in [2.45, 2.75) is 26.0 Å². The fraction of sp³-hybridized carbons (Fsp3) is 0.316. The first-order chi connectivity index (χ1) is 12.0. The molecule has 0 aromatic heterocycles. The number of carbonyl (C=O) groups is 1. The molecule has 0 unspecified atom stereocenters. The van der Waals surface area contributed by atoms with Crippen LogP contribution in [0.5, 0.6) is 17.2 Å². The minimum absolute atomic E-state index is 0.174. The zero-order chi connectivity index (χ0) is 18.2. The number of rotatable bonds is 8. The van der Waals surface area contributed by atoms with Gasteiger partial charge < -0.3 is 19.5 Å². The summed E-state index contributed by atoms with van der Waals surface area (Å²) in [6, 6.07) is 14.1. The summed E-state index contributed by atoms with van der Waals surface area (Å²) in [6.45, 7) is 3.89. The predicted octanol–water partition coefficient (Wildman–Crippen LogP) is 3.70. The zero-order valence-corrected chi connectivity index (χ0v) is 15.2. The van der Waals surface area contributed by atoms with Gasteiger partial charge in [0.25, 0.3) is 5.91 Å². The number of amides is 1. The first-order valence-corrected chi connectivity index (χ1v) is 8.36. The zero-order valence-electron chi connectivity index (χ0n) is 14.5.